The highest BCUT2D eigenvalue weighted by atomic mass is 16.1. The predicted octanol–water partition coefficient (Wildman–Crippen LogP) is 1.62. The van der Waals surface area contributed by atoms with Crippen LogP contribution in [-0.4, -0.2) is 47.6 Å². The van der Waals surface area contributed by atoms with Gasteiger partial charge in [0.25, 0.3) is 5.56 Å². The Morgan fingerprint density at radius 1 is 1.11 bits per heavy atom. The number of para-hydroxylation sites is 2. The van der Waals surface area contributed by atoms with Gasteiger partial charge in [0, 0.05) is 25.7 Å². The smallest absolute Gasteiger partial charge is 0.266 e. The predicted molar refractivity (Wildman–Crippen MR) is 104 cm³/mol. The van der Waals surface area contributed by atoms with Crippen LogP contribution in [-0.2, 0) is 6.54 Å². The Bertz CT molecular complexity index is 1110. The highest BCUT2D eigenvalue weighted by Gasteiger charge is 2.22. The van der Waals surface area contributed by atoms with Gasteiger partial charge in [0.15, 0.2) is 5.82 Å². The molecule has 4 heterocycles. The monoisotopic (exact) mass is 376 g/mol. The second-order valence-electron chi connectivity index (χ2n) is 7.06. The van der Waals surface area contributed by atoms with E-state index in [9.17, 15) is 4.79 Å². The van der Waals surface area contributed by atoms with Crippen molar-refractivity contribution in [2.45, 2.75) is 19.4 Å². The van der Waals surface area contributed by atoms with Crippen molar-refractivity contribution in [3.63, 3.8) is 0 Å². The lowest BCUT2D eigenvalue weighted by Gasteiger charge is -2.31. The van der Waals surface area contributed by atoms with E-state index >= 15 is 0 Å². The van der Waals surface area contributed by atoms with E-state index < -0.39 is 0 Å². The Labute approximate surface area is 160 Å². The van der Waals surface area contributed by atoms with Crippen molar-refractivity contribution in [1.29, 1.82) is 0 Å². The molecule has 1 saturated heterocycles. The van der Waals surface area contributed by atoms with E-state index in [4.69, 9.17) is 0 Å². The Morgan fingerprint density at radius 3 is 2.75 bits per heavy atom. The molecule has 1 aliphatic rings. The largest absolute Gasteiger partial charge is 0.342 e. The van der Waals surface area contributed by atoms with Gasteiger partial charge in [0.1, 0.15) is 12.7 Å². The first-order valence-corrected chi connectivity index (χ1v) is 9.39. The zero-order valence-electron chi connectivity index (χ0n) is 15.3. The molecule has 0 bridgehead atoms. The molecule has 0 amide bonds. The molecule has 5 rings (SSSR count). The number of anilines is 1. The standard InChI is InChI=1S/C19H20N8O/c28-18-6-5-17(27-13-20-12-21-27)24-26(18)11-14-7-9-25(10-8-14)19-22-15-3-1-2-4-16(15)23-19/h1-6,12-14H,7-11H2,(H,22,23). The van der Waals surface area contributed by atoms with E-state index in [1.807, 2.05) is 24.3 Å². The fourth-order valence-electron chi connectivity index (χ4n) is 3.68. The molecular formula is C19H20N8O. The van der Waals surface area contributed by atoms with Crippen molar-refractivity contribution in [2.75, 3.05) is 18.0 Å². The molecule has 0 unspecified atom stereocenters. The fourth-order valence-corrected chi connectivity index (χ4v) is 3.68. The van der Waals surface area contributed by atoms with E-state index in [1.165, 1.54) is 12.4 Å². The lowest BCUT2D eigenvalue weighted by molar-refractivity contribution is 0.333. The number of aromatic nitrogens is 7. The summed E-state index contributed by atoms with van der Waals surface area (Å²) in [6, 6.07) is 11.3. The summed E-state index contributed by atoms with van der Waals surface area (Å²) in [6.07, 6.45) is 4.99. The third-order valence-corrected chi connectivity index (χ3v) is 5.23. The van der Waals surface area contributed by atoms with Crippen molar-refractivity contribution in [3.8, 4) is 5.82 Å². The minimum absolute atomic E-state index is 0.0939. The van der Waals surface area contributed by atoms with Crippen molar-refractivity contribution < 1.29 is 0 Å². The number of H-pyrrole nitrogens is 1. The average Bonchev–Trinajstić information content (AvgIpc) is 3.40. The molecule has 1 N–H and O–H groups in total. The van der Waals surface area contributed by atoms with Crippen LogP contribution in [0, 0.1) is 5.92 Å². The maximum absolute atomic E-state index is 12.2. The van der Waals surface area contributed by atoms with Crippen LogP contribution < -0.4 is 10.5 Å². The number of fused-ring (bicyclic) bond motifs is 1. The highest BCUT2D eigenvalue weighted by molar-refractivity contribution is 5.77. The summed E-state index contributed by atoms with van der Waals surface area (Å²) in [5, 5.41) is 8.52. The first-order chi connectivity index (χ1) is 13.8. The first-order valence-electron chi connectivity index (χ1n) is 9.39. The fraction of sp³-hybridized carbons (Fsp3) is 0.316. The molecule has 0 atom stereocenters. The molecule has 0 saturated carbocycles. The average molecular weight is 376 g/mol. The number of hydrogen-bond acceptors (Lipinski definition) is 6. The molecule has 0 radical (unpaired) electrons. The molecule has 0 spiro atoms. The normalized spacial score (nSPS) is 15.4. The summed E-state index contributed by atoms with van der Waals surface area (Å²) >= 11 is 0. The van der Waals surface area contributed by atoms with E-state index in [0.29, 0.717) is 18.3 Å². The van der Waals surface area contributed by atoms with Gasteiger partial charge in [-0.2, -0.15) is 5.10 Å². The van der Waals surface area contributed by atoms with Gasteiger partial charge in [-0.3, -0.25) is 4.79 Å². The number of hydrogen-bond donors (Lipinski definition) is 1. The minimum atomic E-state index is -0.0939. The molecule has 9 heteroatoms. The third-order valence-electron chi connectivity index (χ3n) is 5.23. The summed E-state index contributed by atoms with van der Waals surface area (Å²) in [5.74, 6) is 1.91. The highest BCUT2D eigenvalue weighted by Crippen LogP contribution is 2.24. The molecule has 142 valence electrons. The van der Waals surface area contributed by atoms with Gasteiger partial charge in [0.05, 0.1) is 11.0 Å². The zero-order chi connectivity index (χ0) is 18.9. The molecule has 3 aromatic heterocycles. The number of piperidine rings is 1. The van der Waals surface area contributed by atoms with Crippen LogP contribution in [0.4, 0.5) is 5.95 Å². The molecule has 1 aliphatic heterocycles. The molecule has 1 aromatic carbocycles. The van der Waals surface area contributed by atoms with Gasteiger partial charge in [0.2, 0.25) is 5.95 Å². The quantitative estimate of drug-likeness (QED) is 0.581. The summed E-state index contributed by atoms with van der Waals surface area (Å²) in [6.45, 7) is 2.42. The zero-order valence-corrected chi connectivity index (χ0v) is 15.3. The third kappa shape index (κ3) is 3.15. The lowest BCUT2D eigenvalue weighted by atomic mass is 9.97. The number of nitrogens with zero attached hydrogens (tertiary/aromatic N) is 7. The summed E-state index contributed by atoms with van der Waals surface area (Å²) in [5.41, 5.74) is 1.95. The van der Waals surface area contributed by atoms with Crippen LogP contribution in [0.1, 0.15) is 12.8 Å². The van der Waals surface area contributed by atoms with E-state index in [0.717, 1.165) is 42.9 Å². The number of nitrogens with one attached hydrogen (secondary N) is 1. The van der Waals surface area contributed by atoms with Crippen molar-refractivity contribution in [2.24, 2.45) is 5.92 Å². The van der Waals surface area contributed by atoms with Crippen LogP contribution >= 0.6 is 0 Å². The minimum Gasteiger partial charge on any atom is -0.342 e. The molecule has 0 aliphatic carbocycles. The van der Waals surface area contributed by atoms with E-state index in [1.54, 1.807) is 21.8 Å². The van der Waals surface area contributed by atoms with Gasteiger partial charge >= 0.3 is 0 Å². The molecule has 1 fully saturated rings. The molecule has 9 nitrogen and oxygen atoms in total. The number of imidazole rings is 1. The number of benzene rings is 1. The Balaban J connectivity index is 1.27. The summed E-state index contributed by atoms with van der Waals surface area (Å²) in [7, 11) is 0. The van der Waals surface area contributed by atoms with Gasteiger partial charge in [-0.15, -0.1) is 5.10 Å². The van der Waals surface area contributed by atoms with Crippen molar-refractivity contribution in [3.05, 3.63) is 59.4 Å². The topological polar surface area (TPSA) is 97.5 Å². The molecule has 28 heavy (non-hydrogen) atoms. The van der Waals surface area contributed by atoms with Gasteiger partial charge in [-0.25, -0.2) is 19.3 Å². The van der Waals surface area contributed by atoms with Crippen LogP contribution in [0.25, 0.3) is 16.9 Å². The number of rotatable bonds is 4. The maximum Gasteiger partial charge on any atom is 0.266 e. The van der Waals surface area contributed by atoms with Crippen LogP contribution in [0.15, 0.2) is 53.8 Å². The molecule has 4 aromatic rings. The van der Waals surface area contributed by atoms with E-state index in [-0.39, 0.29) is 5.56 Å². The van der Waals surface area contributed by atoms with Gasteiger partial charge < -0.3 is 9.88 Å². The second kappa shape index (κ2) is 6.91. The van der Waals surface area contributed by atoms with Crippen LogP contribution in [0.5, 0.6) is 0 Å². The Kier molecular flexibility index (Phi) is 4.12. The second-order valence-corrected chi connectivity index (χ2v) is 7.06. The lowest BCUT2D eigenvalue weighted by Crippen LogP contribution is -2.37. The van der Waals surface area contributed by atoms with Crippen molar-refractivity contribution >= 4 is 17.0 Å². The maximum atomic E-state index is 12.2. The van der Waals surface area contributed by atoms with Gasteiger partial charge in [-0.05, 0) is 37.0 Å². The summed E-state index contributed by atoms with van der Waals surface area (Å²) in [4.78, 5) is 26.5. The SMILES string of the molecule is O=c1ccc(-n2cncn2)nn1CC1CCN(c2nc3ccccc3[nH]2)CC1. The Morgan fingerprint density at radius 2 is 1.96 bits per heavy atom. The Hall–Kier alpha value is -3.49. The first kappa shape index (κ1) is 16.7. The van der Waals surface area contributed by atoms with Gasteiger partial charge in [-0.1, -0.05) is 12.1 Å². The van der Waals surface area contributed by atoms with E-state index in [2.05, 4.69) is 30.0 Å². The number of aromatic amines is 1. The van der Waals surface area contributed by atoms with Crippen LogP contribution in [0.3, 0.4) is 0 Å². The summed E-state index contributed by atoms with van der Waals surface area (Å²) < 4.78 is 3.10. The molecular weight excluding hydrogens is 356 g/mol. The van der Waals surface area contributed by atoms with Crippen LogP contribution in [0.2, 0.25) is 0 Å². The van der Waals surface area contributed by atoms with Crippen molar-refractivity contribution in [1.82, 2.24) is 34.5 Å².